The molecule has 0 bridgehead atoms. The molecule has 1 fully saturated rings. The van der Waals surface area contributed by atoms with Crippen LogP contribution in [0.2, 0.25) is 0 Å². The molecule has 1 aliphatic heterocycles. The van der Waals surface area contributed by atoms with Crippen LogP contribution in [0.3, 0.4) is 0 Å². The number of nitrogens with one attached hydrogen (secondary N) is 2. The van der Waals surface area contributed by atoms with Crippen LogP contribution >= 0.6 is 0 Å². The van der Waals surface area contributed by atoms with Crippen molar-refractivity contribution in [2.45, 2.75) is 24.2 Å². The fraction of sp³-hybridized carbons (Fsp3) is 0.538. The van der Waals surface area contributed by atoms with Gasteiger partial charge in [-0.15, -0.1) is 0 Å². The van der Waals surface area contributed by atoms with E-state index in [1.165, 1.54) is 24.3 Å². The number of nitro groups is 1. The van der Waals surface area contributed by atoms with Gasteiger partial charge in [0.25, 0.3) is 5.69 Å². The van der Waals surface area contributed by atoms with Crippen LogP contribution < -0.4 is 10.0 Å². The molecule has 1 saturated heterocycles. The van der Waals surface area contributed by atoms with E-state index in [9.17, 15) is 18.5 Å². The number of nitrogens with zero attached hydrogens (tertiary/aromatic N) is 1. The smallest absolute Gasteiger partial charge is 0.269 e. The molecule has 1 aromatic carbocycles. The summed E-state index contributed by atoms with van der Waals surface area (Å²) in [5.74, 6) is 0.547. The first-order valence-corrected chi connectivity index (χ1v) is 8.42. The Bertz CT molecular complexity index is 580. The van der Waals surface area contributed by atoms with E-state index >= 15 is 0 Å². The van der Waals surface area contributed by atoms with Gasteiger partial charge in [-0.1, -0.05) is 0 Å². The third-order valence-electron chi connectivity index (χ3n) is 3.66. The highest BCUT2D eigenvalue weighted by atomic mass is 32.2. The fourth-order valence-electron chi connectivity index (χ4n) is 2.40. The van der Waals surface area contributed by atoms with Crippen LogP contribution in [0.4, 0.5) is 5.69 Å². The third-order valence-corrected chi connectivity index (χ3v) is 5.14. The predicted octanol–water partition coefficient (Wildman–Crippen LogP) is 1.26. The summed E-state index contributed by atoms with van der Waals surface area (Å²) in [6, 6.07) is 4.90. The number of nitro benzene ring substituents is 1. The normalized spacial score (nSPS) is 16.8. The number of piperidine rings is 1. The van der Waals surface area contributed by atoms with Crippen molar-refractivity contribution in [3.8, 4) is 0 Å². The van der Waals surface area contributed by atoms with Crippen molar-refractivity contribution in [1.29, 1.82) is 0 Å². The number of rotatable bonds is 6. The summed E-state index contributed by atoms with van der Waals surface area (Å²) in [5.41, 5.74) is -0.122. The lowest BCUT2D eigenvalue weighted by Gasteiger charge is -2.22. The summed E-state index contributed by atoms with van der Waals surface area (Å²) < 4.78 is 26.7. The van der Waals surface area contributed by atoms with Gasteiger partial charge in [0.05, 0.1) is 9.82 Å². The van der Waals surface area contributed by atoms with Gasteiger partial charge in [0, 0.05) is 18.7 Å². The molecule has 0 atom stereocenters. The number of non-ortho nitro benzene ring substituents is 1. The van der Waals surface area contributed by atoms with Crippen molar-refractivity contribution in [3.63, 3.8) is 0 Å². The molecule has 0 aliphatic carbocycles. The molecule has 21 heavy (non-hydrogen) atoms. The number of hydrogen-bond acceptors (Lipinski definition) is 5. The van der Waals surface area contributed by atoms with E-state index in [0.717, 1.165) is 32.4 Å². The molecule has 1 aliphatic rings. The van der Waals surface area contributed by atoms with Crippen molar-refractivity contribution < 1.29 is 13.3 Å². The molecule has 0 unspecified atom stereocenters. The summed E-state index contributed by atoms with van der Waals surface area (Å²) in [5, 5.41) is 13.8. The molecule has 116 valence electrons. The summed E-state index contributed by atoms with van der Waals surface area (Å²) in [6.07, 6.45) is 2.95. The average molecular weight is 313 g/mol. The average Bonchev–Trinajstić information content (AvgIpc) is 2.48. The molecule has 2 N–H and O–H groups in total. The van der Waals surface area contributed by atoms with Crippen LogP contribution in [-0.2, 0) is 10.0 Å². The standard InChI is InChI=1S/C13H19N3O4S/c17-16(18)12-1-3-13(4-2-12)21(19,20)15-10-7-11-5-8-14-9-6-11/h1-4,11,14-15H,5-10H2. The molecule has 8 heteroatoms. The highest BCUT2D eigenvalue weighted by Gasteiger charge is 2.17. The van der Waals surface area contributed by atoms with E-state index in [-0.39, 0.29) is 10.6 Å². The Kier molecular flexibility index (Phi) is 5.27. The SMILES string of the molecule is O=[N+]([O-])c1ccc(S(=O)(=O)NCCC2CCNCC2)cc1. The van der Waals surface area contributed by atoms with E-state index in [1.807, 2.05) is 0 Å². The zero-order valence-corrected chi connectivity index (χ0v) is 12.4. The highest BCUT2D eigenvalue weighted by Crippen LogP contribution is 2.17. The van der Waals surface area contributed by atoms with Crippen LogP contribution in [0.1, 0.15) is 19.3 Å². The van der Waals surface area contributed by atoms with Gasteiger partial charge in [-0.2, -0.15) is 0 Å². The number of sulfonamides is 1. The molecular formula is C13H19N3O4S. The minimum absolute atomic E-state index is 0.0541. The van der Waals surface area contributed by atoms with Gasteiger partial charge in [0.15, 0.2) is 0 Å². The van der Waals surface area contributed by atoms with E-state index < -0.39 is 14.9 Å². The molecule has 1 heterocycles. The van der Waals surface area contributed by atoms with Gasteiger partial charge in [0.2, 0.25) is 10.0 Å². The molecule has 0 radical (unpaired) electrons. The molecule has 0 aromatic heterocycles. The maximum atomic E-state index is 12.1. The molecule has 7 nitrogen and oxygen atoms in total. The van der Waals surface area contributed by atoms with Crippen LogP contribution in [0, 0.1) is 16.0 Å². The quantitative estimate of drug-likeness (QED) is 0.608. The lowest BCUT2D eigenvalue weighted by molar-refractivity contribution is -0.384. The van der Waals surface area contributed by atoms with Crippen molar-refractivity contribution in [2.24, 2.45) is 5.92 Å². The van der Waals surface area contributed by atoms with Crippen LogP contribution in [-0.4, -0.2) is 33.0 Å². The van der Waals surface area contributed by atoms with Gasteiger partial charge in [-0.3, -0.25) is 10.1 Å². The first kappa shape index (κ1) is 15.9. The zero-order chi connectivity index (χ0) is 15.3. The van der Waals surface area contributed by atoms with Crippen LogP contribution in [0.15, 0.2) is 29.2 Å². The van der Waals surface area contributed by atoms with Crippen LogP contribution in [0.25, 0.3) is 0 Å². The second-order valence-electron chi connectivity index (χ2n) is 5.13. The summed E-state index contributed by atoms with van der Waals surface area (Å²) >= 11 is 0. The molecule has 0 spiro atoms. The summed E-state index contributed by atoms with van der Waals surface area (Å²) in [6.45, 7) is 2.36. The first-order valence-electron chi connectivity index (χ1n) is 6.94. The van der Waals surface area contributed by atoms with Crippen molar-refractivity contribution in [3.05, 3.63) is 34.4 Å². The minimum atomic E-state index is -3.59. The third kappa shape index (κ3) is 4.48. The van der Waals surface area contributed by atoms with E-state index in [2.05, 4.69) is 10.0 Å². The highest BCUT2D eigenvalue weighted by molar-refractivity contribution is 7.89. The molecule has 1 aromatic rings. The Morgan fingerprint density at radius 3 is 2.43 bits per heavy atom. The van der Waals surface area contributed by atoms with E-state index in [1.54, 1.807) is 0 Å². The lowest BCUT2D eigenvalue weighted by atomic mass is 9.95. The summed E-state index contributed by atoms with van der Waals surface area (Å²) in [4.78, 5) is 10.0. The zero-order valence-electron chi connectivity index (χ0n) is 11.6. The van der Waals surface area contributed by atoms with Gasteiger partial charge < -0.3 is 5.32 Å². The van der Waals surface area contributed by atoms with Gasteiger partial charge >= 0.3 is 0 Å². The summed E-state index contributed by atoms with van der Waals surface area (Å²) in [7, 11) is -3.59. The van der Waals surface area contributed by atoms with Crippen molar-refractivity contribution in [1.82, 2.24) is 10.0 Å². The van der Waals surface area contributed by atoms with Crippen molar-refractivity contribution >= 4 is 15.7 Å². The topological polar surface area (TPSA) is 101 Å². The minimum Gasteiger partial charge on any atom is -0.317 e. The second-order valence-corrected chi connectivity index (χ2v) is 6.90. The first-order chi connectivity index (χ1) is 9.99. The van der Waals surface area contributed by atoms with Crippen molar-refractivity contribution in [2.75, 3.05) is 19.6 Å². The Morgan fingerprint density at radius 1 is 1.24 bits per heavy atom. The Morgan fingerprint density at radius 2 is 1.86 bits per heavy atom. The fourth-order valence-corrected chi connectivity index (χ4v) is 3.45. The molecule has 2 rings (SSSR count). The monoisotopic (exact) mass is 313 g/mol. The second kappa shape index (κ2) is 6.97. The number of hydrogen-bond donors (Lipinski definition) is 2. The lowest BCUT2D eigenvalue weighted by Crippen LogP contribution is -2.31. The molecular weight excluding hydrogens is 294 g/mol. The maximum absolute atomic E-state index is 12.1. The Labute approximate surface area is 123 Å². The van der Waals surface area contributed by atoms with E-state index in [0.29, 0.717) is 12.5 Å². The van der Waals surface area contributed by atoms with E-state index in [4.69, 9.17) is 0 Å². The number of benzene rings is 1. The predicted molar refractivity (Wildman–Crippen MR) is 78.5 cm³/mol. The Hall–Kier alpha value is -1.51. The maximum Gasteiger partial charge on any atom is 0.269 e. The molecule has 0 saturated carbocycles. The van der Waals surface area contributed by atoms with Crippen LogP contribution in [0.5, 0.6) is 0 Å². The van der Waals surface area contributed by atoms with Gasteiger partial charge in [-0.05, 0) is 50.4 Å². The molecule has 0 amide bonds. The van der Waals surface area contributed by atoms with Gasteiger partial charge in [-0.25, -0.2) is 13.1 Å². The largest absolute Gasteiger partial charge is 0.317 e. The van der Waals surface area contributed by atoms with Gasteiger partial charge in [0.1, 0.15) is 0 Å². The Balaban J connectivity index is 1.90.